The van der Waals surface area contributed by atoms with Crippen molar-refractivity contribution in [3.63, 3.8) is 0 Å². The Hall–Kier alpha value is -16.0. The van der Waals surface area contributed by atoms with Gasteiger partial charge < -0.3 is 51.1 Å². The van der Waals surface area contributed by atoms with Crippen molar-refractivity contribution in [1.82, 2.24) is 0 Å². The van der Waals surface area contributed by atoms with Gasteiger partial charge in [-0.3, -0.25) is 0 Å². The van der Waals surface area contributed by atoms with Gasteiger partial charge in [0.2, 0.25) is 0 Å². The fourth-order valence-corrected chi connectivity index (χ4v) is 17.0. The molecule has 0 aliphatic rings. The monoisotopic (exact) mass is 1670 g/mol. The van der Waals surface area contributed by atoms with E-state index in [1.807, 2.05) is 308 Å². The Morgan fingerprint density at radius 1 is 0.134 bits per heavy atom. The Labute approximate surface area is 744 Å². The maximum Gasteiger partial charge on any atom is 0.123 e. The lowest BCUT2D eigenvalue weighted by Crippen LogP contribution is -2.31. The third-order valence-electron chi connectivity index (χ3n) is 22.7. The molecule has 0 fully saturated rings. The van der Waals surface area contributed by atoms with Crippen LogP contribution in [0.25, 0.3) is 66.8 Å². The van der Waals surface area contributed by atoms with Gasteiger partial charge in [-0.05, 0) is 198 Å². The molecule has 0 unspecified atom stereocenters. The zero-order valence-electron chi connectivity index (χ0n) is 71.7. The van der Waals surface area contributed by atoms with Gasteiger partial charge in [0.15, 0.2) is 0 Å². The summed E-state index contributed by atoms with van der Waals surface area (Å²) in [5.74, 6) is 1.19. The third kappa shape index (κ3) is 18.4. The number of phenols is 10. The molecule has 630 valence electrons. The van der Waals surface area contributed by atoms with Crippen LogP contribution in [0, 0.1) is 0 Å². The van der Waals surface area contributed by atoms with Crippen molar-refractivity contribution in [2.75, 3.05) is 0 Å². The molecular formula is C117H102O10. The van der Waals surface area contributed by atoms with Gasteiger partial charge in [0.1, 0.15) is 57.5 Å². The first-order valence-corrected chi connectivity index (χ1v) is 42.7. The van der Waals surface area contributed by atoms with Crippen molar-refractivity contribution in [3.8, 4) is 124 Å². The molecule has 18 aromatic carbocycles. The summed E-state index contributed by atoms with van der Waals surface area (Å²) in [4.78, 5) is 0. The van der Waals surface area contributed by atoms with E-state index in [9.17, 15) is 51.1 Å². The highest BCUT2D eigenvalue weighted by Gasteiger charge is 2.44. The predicted octanol–water partition coefficient (Wildman–Crippen LogP) is 28.3. The highest BCUT2D eigenvalue weighted by molar-refractivity contribution is 5.83. The maximum atomic E-state index is 11.6. The van der Waals surface area contributed by atoms with Gasteiger partial charge in [0.25, 0.3) is 0 Å². The Kier molecular flexibility index (Phi) is 28.8. The number of aromatic hydroxyl groups is 10. The van der Waals surface area contributed by atoms with Crippen LogP contribution >= 0.6 is 0 Å². The molecule has 0 bridgehead atoms. The van der Waals surface area contributed by atoms with Crippen LogP contribution in [-0.4, -0.2) is 51.1 Å². The second-order valence-corrected chi connectivity index (χ2v) is 29.7. The van der Waals surface area contributed by atoms with Crippen molar-refractivity contribution in [2.45, 2.75) is 57.8 Å². The molecule has 0 aliphatic heterocycles. The lowest BCUT2D eigenvalue weighted by Gasteiger charge is -2.38. The average Bonchev–Trinajstić information content (AvgIpc) is 0.734. The third-order valence-corrected chi connectivity index (χ3v) is 22.7. The number of rotatable bonds is 18. The minimum Gasteiger partial charge on any atom is -0.508 e. The molecule has 0 atom stereocenters. The number of hydrogen-bond donors (Lipinski definition) is 10. The van der Waals surface area contributed by atoms with E-state index in [4.69, 9.17) is 0 Å². The minimum absolute atomic E-state index is 0.0471. The summed E-state index contributed by atoms with van der Waals surface area (Å²) in [6, 6.07) is 142. The van der Waals surface area contributed by atoms with E-state index in [1.54, 1.807) is 97.1 Å². The Balaban J connectivity index is 0.000000158. The van der Waals surface area contributed by atoms with Gasteiger partial charge in [0, 0.05) is 44.5 Å². The van der Waals surface area contributed by atoms with Gasteiger partial charge in [-0.15, -0.1) is 0 Å². The fraction of sp³-hybridized carbons (Fsp3) is 0.0769. The molecule has 10 nitrogen and oxygen atoms in total. The van der Waals surface area contributed by atoms with Crippen LogP contribution in [0.2, 0.25) is 0 Å². The van der Waals surface area contributed by atoms with Gasteiger partial charge in [-0.2, -0.15) is 0 Å². The molecule has 0 aliphatic carbocycles. The molecular weight excluding hydrogens is 1570 g/mol. The van der Waals surface area contributed by atoms with Crippen molar-refractivity contribution in [1.29, 1.82) is 0 Å². The molecule has 10 N–H and O–H groups in total. The maximum absolute atomic E-state index is 11.6. The molecule has 0 amide bonds. The Bertz CT molecular complexity index is 6190. The SMILES string of the molecule is CC.CC.CC.Oc1ccc(-c2ccc(O)c(C(c3ccccc3)(c3ccccc3)c3cc(-c4ccc(O)cc4)ccc3O)c2)cc1.Oc1ccc(C(c2ccccc2)(c2ccccc2)c2ccc(O)c(-c3ccccc3)c2)cc1-c1ccccc1.Oc1ccccc1-c1cc(C(c2ccccc2)(c2ccccc2)c2ccc(O)c(-c3ccccc3O)c2)ccc1O. The Morgan fingerprint density at radius 3 is 0.606 bits per heavy atom. The number of benzene rings is 18. The van der Waals surface area contributed by atoms with E-state index in [0.717, 1.165) is 100 Å². The predicted molar refractivity (Wildman–Crippen MR) is 518 cm³/mol. The molecule has 0 saturated heterocycles. The Morgan fingerprint density at radius 2 is 0.339 bits per heavy atom. The standard InChI is InChI=1S/2C37H28O4.C37H28O2.3C2H6/c38-33-17-9-7-15-29(33)31-23-27(19-21-35(31)40)37(25-11-3-1-4-12-25,26-13-5-2-6-14-26)28-20-22-36(41)32(24-28)30-16-8-10-18-34(30)39;38-31-17-11-25(12-18-31)27-15-21-35(40)33(23-27)37(29-7-3-1-4-8-29,30-9-5-2-6-10-30)34-24-28(16-22-36(34)41)26-13-19-32(39)20-14-26;38-35-23-21-31(25-33(35)27-13-5-1-6-14-27)37(29-17-9-3-10-18-29,30-19-11-4-12-20-30)32-22-24-36(39)34(26-32)28-15-7-2-8-16-28;3*1-2/h2*1-24,38-41H;1-26,38-39H;3*1-2H3. The number of para-hydroxylation sites is 2. The first kappa shape index (κ1) is 88.7. The molecule has 10 heteroatoms. The van der Waals surface area contributed by atoms with Gasteiger partial charge in [0.05, 0.1) is 16.2 Å². The summed E-state index contributed by atoms with van der Waals surface area (Å²) >= 11 is 0. The summed E-state index contributed by atoms with van der Waals surface area (Å²) in [6.07, 6.45) is 0. The van der Waals surface area contributed by atoms with Crippen LogP contribution in [-0.2, 0) is 16.2 Å². The number of hydrogen-bond acceptors (Lipinski definition) is 10. The van der Waals surface area contributed by atoms with Gasteiger partial charge in [-0.25, -0.2) is 0 Å². The van der Waals surface area contributed by atoms with Crippen LogP contribution in [0.15, 0.2) is 449 Å². The number of phenolic OH excluding ortho intramolecular Hbond substituents is 10. The molecule has 127 heavy (non-hydrogen) atoms. The van der Waals surface area contributed by atoms with E-state index in [1.165, 1.54) is 0 Å². The topological polar surface area (TPSA) is 202 Å². The summed E-state index contributed by atoms with van der Waals surface area (Å²) in [7, 11) is 0. The van der Waals surface area contributed by atoms with Crippen LogP contribution in [0.5, 0.6) is 57.5 Å². The highest BCUT2D eigenvalue weighted by atomic mass is 16.3. The second kappa shape index (κ2) is 41.2. The molecule has 18 aromatic rings. The van der Waals surface area contributed by atoms with Crippen molar-refractivity contribution in [3.05, 3.63) is 516 Å². The minimum atomic E-state index is -1.11. The fourth-order valence-electron chi connectivity index (χ4n) is 17.0. The van der Waals surface area contributed by atoms with Crippen LogP contribution in [0.3, 0.4) is 0 Å². The van der Waals surface area contributed by atoms with E-state index in [0.29, 0.717) is 33.4 Å². The lowest BCUT2D eigenvalue weighted by molar-refractivity contribution is 0.447. The lowest BCUT2D eigenvalue weighted by atomic mass is 9.64. The highest BCUT2D eigenvalue weighted by Crippen LogP contribution is 2.55. The van der Waals surface area contributed by atoms with E-state index >= 15 is 0 Å². The molecule has 18 rings (SSSR count). The van der Waals surface area contributed by atoms with E-state index in [-0.39, 0.29) is 57.5 Å². The summed E-state index contributed by atoms with van der Waals surface area (Å²) in [5.41, 5.74) is 16.9. The van der Waals surface area contributed by atoms with Gasteiger partial charge >= 0.3 is 0 Å². The first-order valence-electron chi connectivity index (χ1n) is 42.7. The van der Waals surface area contributed by atoms with Crippen LogP contribution < -0.4 is 0 Å². The zero-order valence-corrected chi connectivity index (χ0v) is 71.7. The van der Waals surface area contributed by atoms with Gasteiger partial charge in [-0.1, -0.05) is 381 Å². The molecule has 0 aromatic heterocycles. The average molecular weight is 1670 g/mol. The summed E-state index contributed by atoms with van der Waals surface area (Å²) in [5, 5.41) is 108. The summed E-state index contributed by atoms with van der Waals surface area (Å²) < 4.78 is 0. The van der Waals surface area contributed by atoms with E-state index < -0.39 is 16.2 Å². The molecule has 0 saturated carbocycles. The largest absolute Gasteiger partial charge is 0.508 e. The molecule has 0 spiro atoms. The quantitative estimate of drug-likeness (QED) is 0.0369. The molecule has 0 radical (unpaired) electrons. The van der Waals surface area contributed by atoms with Crippen molar-refractivity contribution in [2.24, 2.45) is 0 Å². The second-order valence-electron chi connectivity index (χ2n) is 29.7. The smallest absolute Gasteiger partial charge is 0.123 e. The first-order chi connectivity index (χ1) is 62.1. The van der Waals surface area contributed by atoms with E-state index in [2.05, 4.69) is 84.9 Å². The summed E-state index contributed by atoms with van der Waals surface area (Å²) in [6.45, 7) is 12.0. The zero-order chi connectivity index (χ0) is 89.5. The normalized spacial score (nSPS) is 10.9. The van der Waals surface area contributed by atoms with Crippen LogP contribution in [0.4, 0.5) is 0 Å². The van der Waals surface area contributed by atoms with Crippen molar-refractivity contribution < 1.29 is 51.1 Å². The molecule has 0 heterocycles. The van der Waals surface area contributed by atoms with Crippen LogP contribution in [0.1, 0.15) is 108 Å². The van der Waals surface area contributed by atoms with Crippen molar-refractivity contribution >= 4 is 0 Å².